The molecule has 0 aliphatic rings. The third kappa shape index (κ3) is 16.1. The van der Waals surface area contributed by atoms with E-state index in [4.69, 9.17) is 0 Å². The van der Waals surface area contributed by atoms with E-state index in [9.17, 15) is 0 Å². The molecule has 38 heavy (non-hydrogen) atoms. The van der Waals surface area contributed by atoms with E-state index >= 15 is 0 Å². The van der Waals surface area contributed by atoms with Crippen LogP contribution in [0, 0.1) is 5.92 Å². The highest BCUT2D eigenvalue weighted by molar-refractivity contribution is 7.75. The lowest BCUT2D eigenvalue weighted by molar-refractivity contribution is 0.737. The first-order chi connectivity index (χ1) is 18.6. The van der Waals surface area contributed by atoms with Gasteiger partial charge in [0.05, 0.1) is 0 Å². The molecule has 3 aromatic carbocycles. The average molecular weight is 551 g/mol. The highest BCUT2D eigenvalue weighted by atomic mass is 31.1. The molecule has 0 fully saturated rings. The molecule has 0 heterocycles. The Morgan fingerprint density at radius 2 is 0.921 bits per heavy atom. The molecule has 0 spiro atoms. The van der Waals surface area contributed by atoms with Gasteiger partial charge in [-0.2, -0.15) is 0 Å². The second-order valence-electron chi connectivity index (χ2n) is 8.26. The molecule has 0 aliphatic carbocycles. The molecule has 1 unspecified atom stereocenters. The van der Waals surface area contributed by atoms with Gasteiger partial charge < -0.3 is 0 Å². The zero-order valence-corrected chi connectivity index (χ0v) is 28.1. The summed E-state index contributed by atoms with van der Waals surface area (Å²) in [6.07, 6.45) is 9.18. The van der Waals surface area contributed by atoms with Crippen molar-refractivity contribution in [2.45, 2.75) is 76.2 Å². The van der Waals surface area contributed by atoms with Gasteiger partial charge in [0, 0.05) is 0 Å². The minimum absolute atomic E-state index is 0.348. The van der Waals surface area contributed by atoms with Crippen LogP contribution >= 0.6 is 15.8 Å². The van der Waals surface area contributed by atoms with Gasteiger partial charge in [-0.1, -0.05) is 172 Å². The number of allylic oxidation sites excluding steroid dienone is 4. The van der Waals surface area contributed by atoms with Gasteiger partial charge in [0.1, 0.15) is 0 Å². The van der Waals surface area contributed by atoms with Crippen LogP contribution in [0.4, 0.5) is 0 Å². The van der Waals surface area contributed by atoms with E-state index in [1.54, 1.807) is 0 Å². The summed E-state index contributed by atoms with van der Waals surface area (Å²) in [5.41, 5.74) is 0. The van der Waals surface area contributed by atoms with E-state index in [1.165, 1.54) is 33.6 Å². The van der Waals surface area contributed by atoms with Crippen LogP contribution in [0.25, 0.3) is 0 Å². The molecule has 0 bridgehead atoms. The largest absolute Gasteiger partial charge is 0.0870 e. The quantitative estimate of drug-likeness (QED) is 0.193. The fraction of sp³-hybridized carbons (Fsp3) is 0.389. The van der Waals surface area contributed by atoms with E-state index in [2.05, 4.69) is 144 Å². The Hall–Kier alpha value is -2.00. The van der Waals surface area contributed by atoms with Crippen molar-refractivity contribution >= 4 is 31.8 Å². The summed E-state index contributed by atoms with van der Waals surface area (Å²) in [5, 5.41) is 5.89. The predicted molar refractivity (Wildman–Crippen MR) is 185 cm³/mol. The third-order valence-corrected chi connectivity index (χ3v) is 10.2. The van der Waals surface area contributed by atoms with E-state index in [-0.39, 0.29) is 15.8 Å². The van der Waals surface area contributed by atoms with Gasteiger partial charge in [-0.3, -0.25) is 0 Å². The Kier molecular flexibility index (Phi) is 26.7. The Balaban J connectivity index is 0. The second kappa shape index (κ2) is 26.6. The van der Waals surface area contributed by atoms with Gasteiger partial charge in [-0.25, -0.2) is 0 Å². The highest BCUT2D eigenvalue weighted by Crippen LogP contribution is 2.47. The van der Waals surface area contributed by atoms with Crippen molar-refractivity contribution in [1.29, 1.82) is 0 Å². The summed E-state index contributed by atoms with van der Waals surface area (Å²) >= 11 is 0. The summed E-state index contributed by atoms with van der Waals surface area (Å²) in [5.74, 6) is 0.833. The zero-order chi connectivity index (χ0) is 29.2. The minimum atomic E-state index is -0.348. The third-order valence-electron chi connectivity index (χ3n) is 4.70. The number of hydrogen-bond donors (Lipinski definition) is 0. The summed E-state index contributed by atoms with van der Waals surface area (Å²) < 4.78 is 0. The van der Waals surface area contributed by atoms with Gasteiger partial charge in [-0.05, 0) is 69.2 Å². The van der Waals surface area contributed by atoms with Crippen LogP contribution in [-0.4, -0.2) is 12.3 Å². The lowest BCUT2D eigenvalue weighted by Crippen LogP contribution is -2.16. The summed E-state index contributed by atoms with van der Waals surface area (Å²) in [6, 6.07) is 33.2. The molecule has 0 saturated carbocycles. The van der Waals surface area contributed by atoms with Crippen molar-refractivity contribution in [2.75, 3.05) is 12.3 Å². The zero-order valence-electron chi connectivity index (χ0n) is 26.3. The maximum atomic E-state index is 2.30. The van der Waals surface area contributed by atoms with Crippen molar-refractivity contribution in [3.8, 4) is 0 Å². The summed E-state index contributed by atoms with van der Waals surface area (Å²) in [6.45, 7) is 22.8. The lowest BCUT2D eigenvalue weighted by atomic mass is 10.3. The highest BCUT2D eigenvalue weighted by Gasteiger charge is 2.19. The van der Waals surface area contributed by atoms with Crippen LogP contribution < -0.4 is 15.9 Å². The first-order valence-corrected chi connectivity index (χ1v) is 17.6. The molecule has 0 radical (unpaired) electrons. The van der Waals surface area contributed by atoms with Crippen LogP contribution in [0.1, 0.15) is 76.2 Å². The summed E-state index contributed by atoms with van der Waals surface area (Å²) in [4.78, 5) is 0. The normalized spacial score (nSPS) is 11.1. The van der Waals surface area contributed by atoms with E-state index < -0.39 is 0 Å². The van der Waals surface area contributed by atoms with Crippen molar-refractivity contribution in [3.63, 3.8) is 0 Å². The van der Waals surface area contributed by atoms with Gasteiger partial charge >= 0.3 is 0 Å². The fourth-order valence-corrected chi connectivity index (χ4v) is 8.82. The number of rotatable bonds is 8. The summed E-state index contributed by atoms with van der Waals surface area (Å²) in [7, 11) is -0.696. The molecule has 0 amide bonds. The monoisotopic (exact) mass is 550 g/mol. The van der Waals surface area contributed by atoms with Crippen LogP contribution in [0.15, 0.2) is 115 Å². The van der Waals surface area contributed by atoms with E-state index in [0.29, 0.717) is 0 Å². The van der Waals surface area contributed by atoms with Crippen LogP contribution in [0.3, 0.4) is 0 Å². The Morgan fingerprint density at radius 1 is 0.579 bits per heavy atom. The van der Waals surface area contributed by atoms with Gasteiger partial charge in [0.25, 0.3) is 0 Å². The van der Waals surface area contributed by atoms with Crippen LogP contribution in [0.2, 0.25) is 0 Å². The molecule has 0 N–H and O–H groups in total. The Labute approximate surface area is 240 Å². The van der Waals surface area contributed by atoms with Crippen molar-refractivity contribution in [3.05, 3.63) is 115 Å². The first-order valence-electron chi connectivity index (χ1n) is 14.6. The standard InChI is InChI=1S/C26H28P2.C4H10.3C2H6/c1-3-14-23(4-2)27(24-15-8-5-9-16-24)21-22-28(25-17-10-6-11-18-25)26-19-12-7-13-20-26;1-4(2)3;3*1-2/h3-20H,21-22H2,1-2H3;4H,1-3H3;3*1-2H3/b14-3-,23-4+;;;;. The predicted octanol–water partition coefficient (Wildman–Crippen LogP) is 11.1. The SMILES string of the molecule is C/C=C\C(=C/C)P(CCP(c1ccccc1)c1ccccc1)c1ccccc1.CC.CC.CC.CC(C)C. The molecule has 0 nitrogen and oxygen atoms in total. The minimum Gasteiger partial charge on any atom is -0.0870 e. The second-order valence-corrected chi connectivity index (χ2v) is 12.9. The van der Waals surface area contributed by atoms with Crippen molar-refractivity contribution < 1.29 is 0 Å². The lowest BCUT2D eigenvalue weighted by Gasteiger charge is -2.24. The number of hydrogen-bond acceptors (Lipinski definition) is 0. The van der Waals surface area contributed by atoms with E-state index in [0.717, 1.165) is 5.92 Å². The average Bonchev–Trinajstić information content (AvgIpc) is 2.99. The maximum Gasteiger partial charge on any atom is -0.0195 e. The van der Waals surface area contributed by atoms with Crippen molar-refractivity contribution in [2.24, 2.45) is 5.92 Å². The van der Waals surface area contributed by atoms with Gasteiger partial charge in [0.2, 0.25) is 0 Å². The smallest absolute Gasteiger partial charge is 0.0195 e. The van der Waals surface area contributed by atoms with Gasteiger partial charge in [-0.15, -0.1) is 0 Å². The molecule has 3 aromatic rings. The molecule has 0 saturated heterocycles. The van der Waals surface area contributed by atoms with Crippen LogP contribution in [-0.2, 0) is 0 Å². The molecular formula is C36H56P2. The maximum absolute atomic E-state index is 2.30. The topological polar surface area (TPSA) is 0 Å². The first kappa shape index (κ1) is 38.1. The molecule has 210 valence electrons. The molecule has 3 rings (SSSR count). The van der Waals surface area contributed by atoms with Crippen LogP contribution in [0.5, 0.6) is 0 Å². The molecule has 1 atom stereocenters. The molecule has 2 heteroatoms. The molecule has 0 aromatic heterocycles. The van der Waals surface area contributed by atoms with Crippen molar-refractivity contribution in [1.82, 2.24) is 0 Å². The molecular weight excluding hydrogens is 494 g/mol. The fourth-order valence-electron chi connectivity index (χ4n) is 3.35. The molecule has 0 aliphatic heterocycles. The van der Waals surface area contributed by atoms with Gasteiger partial charge in [0.15, 0.2) is 0 Å². The Bertz CT molecular complexity index is 887. The van der Waals surface area contributed by atoms with E-state index in [1.807, 2.05) is 41.5 Å². The number of benzene rings is 3. The Morgan fingerprint density at radius 3 is 1.24 bits per heavy atom.